The van der Waals surface area contributed by atoms with Gasteiger partial charge in [-0.3, -0.25) is 23.7 Å². The van der Waals surface area contributed by atoms with E-state index in [1.807, 2.05) is 24.3 Å². The molecule has 0 bridgehead atoms. The molecule has 2 aliphatic heterocycles. The maximum Gasteiger partial charge on any atom is 1.00 e. The predicted octanol–water partition coefficient (Wildman–Crippen LogP) is 15.2. The molecule has 616 valence electrons. The summed E-state index contributed by atoms with van der Waals surface area (Å²) in [5.74, 6) is 10.2. The zero-order valence-electron chi connectivity index (χ0n) is 68.4. The minimum atomic E-state index is -2.52. The first-order chi connectivity index (χ1) is 60.4. The van der Waals surface area contributed by atoms with Gasteiger partial charge in [0.05, 0.1) is 0 Å². The van der Waals surface area contributed by atoms with E-state index in [1.165, 1.54) is 127 Å². The third-order valence-corrected chi connectivity index (χ3v) is 44.5. The molecule has 2 aliphatic rings. The van der Waals surface area contributed by atoms with Crippen LogP contribution in [0, 0.1) is 49.4 Å². The van der Waals surface area contributed by atoms with Gasteiger partial charge in [-0.25, -0.2) is 0 Å². The number of rotatable bonds is 16. The van der Waals surface area contributed by atoms with E-state index in [-0.39, 0.29) is 89.5 Å². The van der Waals surface area contributed by atoms with Crippen LogP contribution in [0.3, 0.4) is 0 Å². The van der Waals surface area contributed by atoms with Gasteiger partial charge in [0.15, 0.2) is 16.1 Å². The Morgan fingerprint density at radius 3 is 0.516 bits per heavy atom. The Morgan fingerprint density at radius 1 is 0.159 bits per heavy atom. The summed E-state index contributed by atoms with van der Waals surface area (Å²) in [4.78, 5) is 0. The number of hydrogen-bond acceptors (Lipinski definition) is 0. The van der Waals surface area contributed by atoms with Crippen molar-refractivity contribution < 1.29 is 89.5 Å². The summed E-state index contributed by atoms with van der Waals surface area (Å²) in [6.45, 7) is 0. The van der Waals surface area contributed by atoms with E-state index in [9.17, 15) is 0 Å². The number of fused-ring (bicyclic) bond motifs is 6. The molecule has 18 aromatic carbocycles. The molecule has 10 heteroatoms. The van der Waals surface area contributed by atoms with Crippen molar-refractivity contribution in [3.63, 3.8) is 0 Å². The Hall–Kier alpha value is -10.7. The van der Waals surface area contributed by atoms with E-state index in [1.54, 1.807) is 0 Å². The van der Waals surface area contributed by atoms with Crippen LogP contribution in [0.25, 0.3) is 22.3 Å². The molecule has 0 saturated carbocycles. The molecular formula is C116H84Au4P4Si2+4. The fourth-order valence-electron chi connectivity index (χ4n) is 17.9. The zero-order chi connectivity index (χ0) is 82.9. The first-order valence-electron chi connectivity index (χ1n) is 41.0. The Bertz CT molecular complexity index is 5950. The van der Waals surface area contributed by atoms with E-state index in [2.05, 4.69) is 485 Å². The second kappa shape index (κ2) is 44.6. The average molecular weight is 2450 g/mol. The van der Waals surface area contributed by atoms with Crippen LogP contribution in [0.1, 0.15) is 22.3 Å². The summed E-state index contributed by atoms with van der Waals surface area (Å²) >= 11 is 0. The van der Waals surface area contributed by atoms with Crippen LogP contribution >= 0.6 is 31.7 Å². The molecule has 0 aliphatic carbocycles. The van der Waals surface area contributed by atoms with E-state index < -0.39 is 47.8 Å². The van der Waals surface area contributed by atoms with Crippen molar-refractivity contribution in [2.75, 3.05) is 0 Å². The van der Waals surface area contributed by atoms with Crippen LogP contribution < -0.4 is 105 Å². The largest absolute Gasteiger partial charge is 1.00 e. The summed E-state index contributed by atoms with van der Waals surface area (Å²) in [5.41, 5.74) is 7.87. The molecule has 126 heavy (non-hydrogen) atoms. The quantitative estimate of drug-likeness (QED) is 0.0391. The van der Waals surface area contributed by atoms with Gasteiger partial charge in [0.1, 0.15) is 95.3 Å². The standard InChI is InChI=1S/2C30H24P2.2C28H16Si.4Au/c2*1-5-15-25(16-6-1)31(26-17-7-2-8-18-26)29-23-13-14-24-30(29)32(27-19-9-3-10-20-27)28-21-11-4-12-22-28;2*1-3-21-16-18-27-26(19-21)25-17-15-22(4-2)20-28(25)29(27,23-11-7-5-8-12-23)24-13-9-6-10-14-24;;;;/h2*1-24H;2*5-20H;;;;/q;;2*-2;4*+1/p+4. The van der Waals surface area contributed by atoms with Gasteiger partial charge in [-0.15, -0.1) is 70.8 Å². The molecule has 2 heterocycles. The van der Waals surface area contributed by atoms with Crippen LogP contribution in [0.4, 0.5) is 0 Å². The van der Waals surface area contributed by atoms with Crippen molar-refractivity contribution in [3.8, 4) is 45.9 Å². The summed E-state index contributed by atoms with van der Waals surface area (Å²) in [6.07, 6.45) is 30.6. The van der Waals surface area contributed by atoms with Crippen molar-refractivity contribution in [3.05, 3.63) is 533 Å². The summed E-state index contributed by atoms with van der Waals surface area (Å²) in [6, 6.07) is 175. The summed E-state index contributed by atoms with van der Waals surface area (Å²) < 4.78 is 0. The minimum Gasteiger partial charge on any atom is -0.366 e. The van der Waals surface area contributed by atoms with Gasteiger partial charge in [0.25, 0.3) is 0 Å². The van der Waals surface area contributed by atoms with Crippen molar-refractivity contribution in [2.45, 2.75) is 0 Å². The normalized spacial score (nSPS) is 11.6. The van der Waals surface area contributed by atoms with E-state index in [4.69, 9.17) is 25.7 Å². The number of benzene rings is 18. The van der Waals surface area contributed by atoms with Gasteiger partial charge < -0.3 is 25.7 Å². The van der Waals surface area contributed by atoms with E-state index in [0.717, 1.165) is 22.3 Å². The average Bonchev–Trinajstić information content (AvgIpc) is 1.54. The van der Waals surface area contributed by atoms with Crippen molar-refractivity contribution in [1.82, 2.24) is 0 Å². The first-order valence-corrected chi connectivity index (χ1v) is 51.0. The van der Waals surface area contributed by atoms with Crippen molar-refractivity contribution in [1.29, 1.82) is 0 Å². The molecule has 0 radical (unpaired) electrons. The maximum atomic E-state index is 7.70. The maximum absolute atomic E-state index is 7.70. The molecular weight excluding hydrogens is 2360 g/mol. The van der Waals surface area contributed by atoms with Crippen LogP contribution in [0.5, 0.6) is 0 Å². The topological polar surface area (TPSA) is 0 Å². The van der Waals surface area contributed by atoms with Gasteiger partial charge in [0.2, 0.25) is 0 Å². The molecule has 0 atom stereocenters. The van der Waals surface area contributed by atoms with Gasteiger partial charge >= 0.3 is 89.5 Å². The van der Waals surface area contributed by atoms with Crippen molar-refractivity contribution >= 4 is 153 Å². The second-order valence-electron chi connectivity index (χ2n) is 30.0. The smallest absolute Gasteiger partial charge is 0.366 e. The van der Waals surface area contributed by atoms with Gasteiger partial charge in [-0.1, -0.05) is 326 Å². The first kappa shape index (κ1) is 93.0. The Kier molecular flexibility index (Phi) is 32.9. The van der Waals surface area contributed by atoms with Crippen LogP contribution in [-0.4, -0.2) is 16.1 Å². The zero-order valence-corrected chi connectivity index (χ0v) is 83.1. The fraction of sp³-hybridized carbons (Fsp3) is 0. The molecule has 0 saturated heterocycles. The predicted molar refractivity (Wildman–Crippen MR) is 536 cm³/mol. The molecule has 0 fully saturated rings. The summed E-state index contributed by atoms with van der Waals surface area (Å²) in [5, 5.41) is 27.9. The van der Waals surface area contributed by atoms with Crippen LogP contribution in [0.2, 0.25) is 0 Å². The van der Waals surface area contributed by atoms with Gasteiger partial charge in [0, 0.05) is 0 Å². The van der Waals surface area contributed by atoms with Gasteiger partial charge in [-0.05, 0) is 175 Å². The molecule has 0 unspecified atom stereocenters. The Labute approximate surface area is 813 Å². The minimum absolute atomic E-state index is 0. The fourth-order valence-corrected chi connectivity index (χ4v) is 40.3. The molecule has 20 rings (SSSR count). The van der Waals surface area contributed by atoms with Crippen LogP contribution in [-0.2, 0) is 89.5 Å². The van der Waals surface area contributed by atoms with E-state index in [0.29, 0.717) is 0 Å². The molecule has 0 amide bonds. The van der Waals surface area contributed by atoms with Crippen LogP contribution in [0.15, 0.2) is 485 Å². The molecule has 0 N–H and O–H groups in total. The molecule has 0 spiro atoms. The third-order valence-electron chi connectivity index (χ3n) is 23.1. The van der Waals surface area contributed by atoms with E-state index >= 15 is 0 Å². The monoisotopic (exact) mass is 2440 g/mol. The molecule has 18 aromatic rings. The Balaban J connectivity index is 0.000000143. The molecule has 0 aromatic heterocycles. The van der Waals surface area contributed by atoms with Gasteiger partial charge in [-0.2, -0.15) is 0 Å². The SMILES string of the molecule is [Au+].[Au+].[Au+].[Au+].[C-]#Cc1ccc2c(c1)-c1ccc(C#[C-])cc1[Si]2(c1ccccc1)c1ccccc1.[C-]#Cc1ccc2c(c1)-c1ccc(C#[C-])cc1[Si]2(c1ccccc1)c1ccccc1.c1ccc([PH+](c2ccccc2)c2ccccc2[PH+](c2ccccc2)c2ccccc2)cc1.c1ccc([PH+](c2ccccc2)c2ccccc2[PH+](c2ccccc2)c2ccccc2)cc1. The molecule has 0 nitrogen and oxygen atoms in total. The van der Waals surface area contributed by atoms with Crippen molar-refractivity contribution in [2.24, 2.45) is 0 Å². The summed E-state index contributed by atoms with van der Waals surface area (Å²) in [7, 11) is -9.60. The number of hydrogen-bond donors (Lipinski definition) is 0. The Morgan fingerprint density at radius 2 is 0.325 bits per heavy atom. The third kappa shape index (κ3) is 19.4. The second-order valence-corrected chi connectivity index (χ2v) is 47.3.